The van der Waals surface area contributed by atoms with Gasteiger partial charge < -0.3 is 20.1 Å². The number of hydrogen-bond acceptors (Lipinski definition) is 6. The van der Waals surface area contributed by atoms with Crippen molar-refractivity contribution < 1.29 is 39.2 Å². The normalized spacial score (nSPS) is 20.5. The first-order chi connectivity index (χ1) is 47.6. The molecule has 4 atom stereocenters. The lowest BCUT2D eigenvalue weighted by molar-refractivity contribution is -0.158. The van der Waals surface area contributed by atoms with Gasteiger partial charge in [-0.15, -0.1) is 0 Å². The lowest BCUT2D eigenvalue weighted by Gasteiger charge is -2.43. The molecule has 1 saturated heterocycles. The molecule has 436 valence electrons. The zero-order valence-electron chi connectivity index (χ0n) is 50.3. The number of carbonyl (C=O) groups excluding carboxylic acids is 1. The smallest absolute Gasteiger partial charge is 0.322 e. The van der Waals surface area contributed by atoms with Crippen LogP contribution in [0.4, 0.5) is 0 Å². The van der Waals surface area contributed by atoms with Gasteiger partial charge >= 0.3 is 11.9 Å². The molecule has 1 fully saturated rings. The summed E-state index contributed by atoms with van der Waals surface area (Å²) in [5, 5.41) is 105. The summed E-state index contributed by atoms with van der Waals surface area (Å²) >= 11 is 0. The molecule has 29 aromatic rings. The predicted octanol–water partition coefficient (Wildman–Crippen LogP) is 20.6. The summed E-state index contributed by atoms with van der Waals surface area (Å²) in [7, 11) is 0. The van der Waals surface area contributed by atoms with Crippen molar-refractivity contribution in [1.82, 2.24) is 4.90 Å². The zero-order valence-corrected chi connectivity index (χ0v) is 50.3. The minimum atomic E-state index is -1.33. The van der Waals surface area contributed by atoms with Crippen molar-refractivity contribution in [2.45, 2.75) is 30.0 Å². The average Bonchev–Trinajstić information content (AvgIpc) is 1.42. The molecule has 3 N–H and O–H groups in total. The van der Waals surface area contributed by atoms with E-state index in [4.69, 9.17) is 14.6 Å². The van der Waals surface area contributed by atoms with Crippen LogP contribution in [0.25, 0.3) is 303 Å². The van der Waals surface area contributed by atoms with Gasteiger partial charge in [-0.3, -0.25) is 19.2 Å². The molecule has 0 bridgehead atoms. The third-order valence-corrected chi connectivity index (χ3v) is 28.0. The molecule has 33 rings (SSSR count). The number of hydrogen-bond donors (Lipinski definition) is 3. The number of carboxylic acids is 3. The highest BCUT2D eigenvalue weighted by atomic mass is 16.5. The van der Waals surface area contributed by atoms with Crippen molar-refractivity contribution in [2.24, 2.45) is 0 Å². The van der Waals surface area contributed by atoms with Gasteiger partial charge in [0.25, 0.3) is 12.4 Å². The molecule has 1 aliphatic heterocycles. The minimum absolute atomic E-state index is 0.371. The van der Waals surface area contributed by atoms with Crippen molar-refractivity contribution in [3.8, 4) is 0 Å². The van der Waals surface area contributed by atoms with E-state index < -0.39 is 47.6 Å². The van der Waals surface area contributed by atoms with Gasteiger partial charge in [-0.1, -0.05) is 121 Å². The van der Waals surface area contributed by atoms with Gasteiger partial charge in [-0.2, -0.15) is 0 Å². The highest BCUT2D eigenvalue weighted by Gasteiger charge is 2.76. The van der Waals surface area contributed by atoms with E-state index in [1.165, 1.54) is 220 Å². The number of ether oxygens (including phenoxy) is 1. The molecule has 97 heavy (non-hydrogen) atoms. The minimum Gasteiger partial charge on any atom is -0.481 e. The fourth-order valence-electron chi connectivity index (χ4n) is 26.3. The highest BCUT2D eigenvalue weighted by Crippen LogP contribution is 2.77. The fourth-order valence-corrected chi connectivity index (χ4v) is 26.3. The first-order valence-electron chi connectivity index (χ1n) is 33.6. The lowest BCUT2D eigenvalue weighted by atomic mass is 9.57. The molecule has 4 unspecified atom stereocenters. The van der Waals surface area contributed by atoms with Crippen LogP contribution in [0.2, 0.25) is 0 Å². The van der Waals surface area contributed by atoms with E-state index in [-0.39, 0.29) is 0 Å². The summed E-state index contributed by atoms with van der Waals surface area (Å²) in [5.74, 6) is -3.15. The van der Waals surface area contributed by atoms with Crippen LogP contribution in [0.5, 0.6) is 0 Å². The molecule has 0 amide bonds. The number of rotatable bonds is 5. The van der Waals surface area contributed by atoms with E-state index in [1.54, 1.807) is 53.9 Å². The van der Waals surface area contributed by atoms with E-state index in [0.717, 1.165) is 50.7 Å². The predicted molar refractivity (Wildman–Crippen MR) is 394 cm³/mol. The maximum absolute atomic E-state index is 14.0. The summed E-state index contributed by atoms with van der Waals surface area (Å²) in [4.78, 5) is 49.7. The first kappa shape index (κ1) is 45.1. The molecule has 1 heterocycles. The monoisotopic (exact) mass is 1230 g/mol. The topological polar surface area (TPSA) is 141 Å². The molecule has 29 aromatic carbocycles. The summed E-state index contributed by atoms with van der Waals surface area (Å²) in [6.07, 6.45) is 7.22. The van der Waals surface area contributed by atoms with Crippen molar-refractivity contribution in [3.63, 3.8) is 0 Å². The van der Waals surface area contributed by atoms with Crippen LogP contribution in [-0.4, -0.2) is 63.4 Å². The van der Waals surface area contributed by atoms with Crippen LogP contribution in [0.15, 0.2) is 109 Å². The van der Waals surface area contributed by atoms with Crippen LogP contribution in [0.1, 0.15) is 29.2 Å². The Morgan fingerprint density at radius 3 is 0.814 bits per heavy atom. The van der Waals surface area contributed by atoms with Gasteiger partial charge in [0.15, 0.2) is 6.23 Å². The second-order valence-corrected chi connectivity index (χ2v) is 30.4. The van der Waals surface area contributed by atoms with Crippen molar-refractivity contribution >= 4 is 327 Å². The van der Waals surface area contributed by atoms with Gasteiger partial charge in [-0.05, 0) is 313 Å². The number of carbonyl (C=O) groups is 4. The summed E-state index contributed by atoms with van der Waals surface area (Å²) < 4.78 is 6.10. The number of likely N-dealkylation sites (tertiary alicyclic amines) is 1. The van der Waals surface area contributed by atoms with E-state index in [9.17, 15) is 24.6 Å². The van der Waals surface area contributed by atoms with Crippen LogP contribution in [-0.2, 0) is 34.7 Å². The molecule has 9 heteroatoms. The van der Waals surface area contributed by atoms with Crippen LogP contribution in [0.3, 0.4) is 0 Å². The van der Waals surface area contributed by atoms with Gasteiger partial charge in [-0.25, -0.2) is 4.90 Å². The second-order valence-electron chi connectivity index (χ2n) is 30.4. The van der Waals surface area contributed by atoms with Gasteiger partial charge in [0.1, 0.15) is 12.6 Å². The van der Waals surface area contributed by atoms with Crippen molar-refractivity contribution in [1.29, 1.82) is 0 Å². The van der Waals surface area contributed by atoms with E-state index in [1.807, 2.05) is 0 Å². The Morgan fingerprint density at radius 1 is 0.340 bits per heavy atom. The third kappa shape index (κ3) is 3.50. The van der Waals surface area contributed by atoms with Gasteiger partial charge in [0.2, 0.25) is 0 Å². The molecular formula is C88H31NO8. The Morgan fingerprint density at radius 2 is 0.557 bits per heavy atom. The molecule has 3 aliphatic carbocycles. The maximum atomic E-state index is 14.0. The average molecular weight is 1230 g/mol. The fraction of sp³-hybridized carbons (Fsp3) is 0.0682. The van der Waals surface area contributed by atoms with E-state index >= 15 is 0 Å². The molecule has 2 spiro atoms. The summed E-state index contributed by atoms with van der Waals surface area (Å²) in [5.41, 5.74) is 1.64. The Balaban J connectivity index is 0.000000102. The quantitative estimate of drug-likeness (QED) is 0.113. The SMILES string of the molecule is CC(=O)O.O=COC1N(CC(=O)O)C(C(=O)O)C23C=Cc4c5ccc6c7ccc8c9ccc%10c%11c%12c(c%13c2c4c2c5c6c4c7c8c5c9c%10c%12c6c%13c2c4c65)C13C=C%11.c1cc2c3ccc4c5ccc6c7ccc8c9ccc%10c1c1c2c2c3c4c3c5c6c4c7c8c5c9c%10c1c1c2c3c4c51. The van der Waals surface area contributed by atoms with Crippen molar-refractivity contribution in [3.05, 3.63) is 131 Å². The number of carboxylic acid groups (broad SMARTS) is 3. The Hall–Kier alpha value is -12.3. The summed E-state index contributed by atoms with van der Waals surface area (Å²) in [6, 6.07) is 37.0. The largest absolute Gasteiger partial charge is 0.481 e. The number of aliphatic carboxylic acids is 3. The number of fused-ring (bicyclic) bond motifs is 9. The maximum Gasteiger partial charge on any atom is 0.322 e. The Labute approximate surface area is 536 Å². The molecule has 4 aliphatic rings. The Kier molecular flexibility index (Phi) is 5.77. The third-order valence-electron chi connectivity index (χ3n) is 28.0. The van der Waals surface area contributed by atoms with Gasteiger partial charge in [0.05, 0.1) is 10.8 Å². The van der Waals surface area contributed by atoms with Gasteiger partial charge in [0, 0.05) is 6.92 Å². The van der Waals surface area contributed by atoms with E-state index in [0.29, 0.717) is 6.47 Å². The molecule has 0 aromatic heterocycles. The number of benzene rings is 18. The van der Waals surface area contributed by atoms with Crippen molar-refractivity contribution in [2.75, 3.05) is 6.54 Å². The Bertz CT molecular complexity index is 8020. The second kappa shape index (κ2) is 12.4. The number of nitrogens with zero attached hydrogens (tertiary/aromatic N) is 1. The highest BCUT2D eigenvalue weighted by molar-refractivity contribution is 6.72. The first-order valence-corrected chi connectivity index (χ1v) is 33.6. The molecular weight excluding hydrogens is 1200 g/mol. The molecule has 0 saturated carbocycles. The van der Waals surface area contributed by atoms with Crippen LogP contribution >= 0.6 is 0 Å². The van der Waals surface area contributed by atoms with Crippen LogP contribution < -0.4 is 0 Å². The van der Waals surface area contributed by atoms with E-state index in [2.05, 4.69) is 121 Å². The standard InChI is InChI=1S/C46H17NO6.C40H10.C2H4O2/c48-12-53-44-46-10-8-20-18-6-4-16-14-2-1-13-15-3-5-17-19-7-9-45(46,42(43(51)52)47(44)11-21(49)50)40-28(19)32-26(17)24(15)30-22(13)23(14)31-25(16)27(18)33-29(20)41(46)39(40)38-36(32)34(30)35(31)37(33)38;1-2-12-14-5-6-16-18-9-10-20-19-8-7-17-15-4-3-13-11(1)21-22(12)32-24(14)26(16)34-29(18)30(20)35-28(19)27(17)33-25(15)23(13)31(21)36-37(32)39(34)40(35)38(33)36;1-2(3)4/h1-10,12,42,44H,11H2,(H,49,50)(H,51,52);1-10H;1H3,(H,3,4). The van der Waals surface area contributed by atoms with Crippen LogP contribution in [0, 0.1) is 0 Å². The zero-order chi connectivity index (χ0) is 62.2. The molecule has 9 nitrogen and oxygen atoms in total. The molecule has 0 radical (unpaired) electrons. The lowest BCUT2D eigenvalue weighted by Crippen LogP contribution is -2.52. The summed E-state index contributed by atoms with van der Waals surface area (Å²) in [6.45, 7) is 0.859.